The first kappa shape index (κ1) is 12.8. The number of sulfonamides is 1. The van der Waals surface area contributed by atoms with Crippen molar-refractivity contribution >= 4 is 26.6 Å². The molecule has 0 fully saturated rings. The van der Waals surface area contributed by atoms with Gasteiger partial charge in [0.1, 0.15) is 0 Å². The van der Waals surface area contributed by atoms with Crippen LogP contribution in [0.1, 0.15) is 13.8 Å². The molecule has 0 heterocycles. The molecule has 1 N–H and O–H groups in total. The van der Waals surface area contributed by atoms with Gasteiger partial charge in [0.15, 0.2) is 0 Å². The fourth-order valence-electron chi connectivity index (χ4n) is 0.797. The van der Waals surface area contributed by atoms with Gasteiger partial charge in [0.2, 0.25) is 4.32 Å². The number of rotatable bonds is 4. The Morgan fingerprint density at radius 2 is 1.92 bits per heavy atom. The van der Waals surface area contributed by atoms with Crippen LogP contribution >= 0.6 is 12.2 Å². The van der Waals surface area contributed by atoms with E-state index in [0.717, 1.165) is 0 Å². The normalized spacial score (nSPS) is 11.3. The second-order valence-corrected chi connectivity index (χ2v) is 4.43. The van der Waals surface area contributed by atoms with Gasteiger partial charge >= 0.3 is 0 Å². The Balaban J connectivity index is 4.57. The van der Waals surface area contributed by atoms with E-state index in [-0.39, 0.29) is 4.32 Å². The third-order valence-electron chi connectivity index (χ3n) is 1.44. The van der Waals surface area contributed by atoms with Crippen molar-refractivity contribution in [2.45, 2.75) is 13.8 Å². The Kier molecular flexibility index (Phi) is 5.38. The van der Waals surface area contributed by atoms with Gasteiger partial charge in [-0.3, -0.25) is 4.84 Å². The van der Waals surface area contributed by atoms with Crippen LogP contribution in [0, 0.1) is 0 Å². The summed E-state index contributed by atoms with van der Waals surface area (Å²) in [5, 5.41) is 0. The van der Waals surface area contributed by atoms with Crippen molar-refractivity contribution in [3.63, 3.8) is 0 Å². The smallest absolute Gasteiger partial charge is 0.288 e. The molecule has 0 aromatic rings. The van der Waals surface area contributed by atoms with E-state index in [1.807, 2.05) is 18.7 Å². The Labute approximate surface area is 84.1 Å². The van der Waals surface area contributed by atoms with E-state index >= 15 is 0 Å². The molecule has 7 heteroatoms. The molecule has 0 aliphatic carbocycles. The zero-order valence-electron chi connectivity index (χ0n) is 7.90. The molecular weight excluding hydrogens is 212 g/mol. The van der Waals surface area contributed by atoms with E-state index in [0.29, 0.717) is 13.1 Å². The first-order chi connectivity index (χ1) is 5.99. The lowest BCUT2D eigenvalue weighted by molar-refractivity contribution is 0.154. The lowest BCUT2D eigenvalue weighted by Crippen LogP contribution is -2.40. The van der Waals surface area contributed by atoms with Crippen molar-refractivity contribution in [1.29, 1.82) is 0 Å². The molecular formula is C6H14N2O3S2. The fraction of sp³-hybridized carbons (Fsp3) is 0.833. The number of nitrogens with zero attached hydrogens (tertiary/aromatic N) is 1. The van der Waals surface area contributed by atoms with Gasteiger partial charge in [-0.05, 0) is 26.1 Å². The molecule has 13 heavy (non-hydrogen) atoms. The zero-order chi connectivity index (χ0) is 10.5. The van der Waals surface area contributed by atoms with Gasteiger partial charge in [-0.2, -0.15) is 0 Å². The molecule has 0 spiro atoms. The number of hydrogen-bond donors (Lipinski definition) is 1. The molecule has 5 nitrogen and oxygen atoms in total. The molecule has 0 aliphatic heterocycles. The van der Waals surface area contributed by atoms with Gasteiger partial charge < -0.3 is 4.90 Å². The van der Waals surface area contributed by atoms with Crippen molar-refractivity contribution in [2.75, 3.05) is 20.2 Å². The average Bonchev–Trinajstić information content (AvgIpc) is 2.06. The molecule has 78 valence electrons. The van der Waals surface area contributed by atoms with E-state index in [9.17, 15) is 8.42 Å². The molecule has 0 aromatic carbocycles. The largest absolute Gasteiger partial charge is 0.353 e. The first-order valence-electron chi connectivity index (χ1n) is 3.83. The third kappa shape index (κ3) is 3.55. The maximum absolute atomic E-state index is 11.3. The summed E-state index contributed by atoms with van der Waals surface area (Å²) < 4.78 is 22.4. The zero-order valence-corrected chi connectivity index (χ0v) is 9.54. The van der Waals surface area contributed by atoms with Crippen LogP contribution in [0.5, 0.6) is 0 Å². The summed E-state index contributed by atoms with van der Waals surface area (Å²) in [6.07, 6.45) is 0. The summed E-state index contributed by atoms with van der Waals surface area (Å²) in [5.74, 6) is 0. The summed E-state index contributed by atoms with van der Waals surface area (Å²) in [4.78, 5) is 7.73. The maximum atomic E-state index is 11.3. The summed E-state index contributed by atoms with van der Waals surface area (Å²) in [6, 6.07) is 0. The van der Waals surface area contributed by atoms with Crippen LogP contribution in [0.15, 0.2) is 0 Å². The Bertz CT molecular complexity index is 259. The summed E-state index contributed by atoms with van der Waals surface area (Å²) in [6.45, 7) is 4.77. The monoisotopic (exact) mass is 226 g/mol. The standard InChI is InChI=1S/C6H14N2O3S2/c1-4-8(5-2)6(12)13(9,10)7-11-3/h7H,4-5H2,1-3H3. The quantitative estimate of drug-likeness (QED) is 0.544. The maximum Gasteiger partial charge on any atom is 0.288 e. The van der Waals surface area contributed by atoms with Crippen molar-refractivity contribution in [3.8, 4) is 0 Å². The third-order valence-corrected chi connectivity index (χ3v) is 3.47. The van der Waals surface area contributed by atoms with Crippen molar-refractivity contribution in [1.82, 2.24) is 9.79 Å². The topological polar surface area (TPSA) is 58.6 Å². The van der Waals surface area contributed by atoms with E-state index < -0.39 is 10.0 Å². The van der Waals surface area contributed by atoms with Crippen molar-refractivity contribution in [2.24, 2.45) is 0 Å². The molecule has 0 atom stereocenters. The van der Waals surface area contributed by atoms with E-state index in [2.05, 4.69) is 4.84 Å². The molecule has 0 rings (SSSR count). The number of thiocarbonyl (C=S) groups is 1. The highest BCUT2D eigenvalue weighted by Crippen LogP contribution is 1.98. The Morgan fingerprint density at radius 3 is 2.23 bits per heavy atom. The highest BCUT2D eigenvalue weighted by atomic mass is 32.2. The Morgan fingerprint density at radius 1 is 1.46 bits per heavy atom. The van der Waals surface area contributed by atoms with E-state index in [1.165, 1.54) is 7.11 Å². The van der Waals surface area contributed by atoms with Gasteiger partial charge in [0.05, 0.1) is 7.11 Å². The molecule has 0 aliphatic rings. The second-order valence-electron chi connectivity index (χ2n) is 2.23. The molecule has 0 saturated carbocycles. The predicted molar refractivity (Wildman–Crippen MR) is 54.6 cm³/mol. The minimum Gasteiger partial charge on any atom is -0.353 e. The lowest BCUT2D eigenvalue weighted by Gasteiger charge is -2.20. The molecule has 0 bridgehead atoms. The van der Waals surface area contributed by atoms with Gasteiger partial charge in [0, 0.05) is 13.1 Å². The Hall–Kier alpha value is -0.240. The predicted octanol–water partition coefficient (Wildman–Crippen LogP) is 0.0939. The molecule has 0 aromatic heterocycles. The van der Waals surface area contributed by atoms with Crippen LogP contribution in [0.4, 0.5) is 0 Å². The molecule has 0 unspecified atom stereocenters. The first-order valence-corrected chi connectivity index (χ1v) is 5.72. The van der Waals surface area contributed by atoms with Crippen LogP contribution in [0.3, 0.4) is 0 Å². The van der Waals surface area contributed by atoms with Crippen LogP contribution in [0.2, 0.25) is 0 Å². The minimum atomic E-state index is -3.65. The van der Waals surface area contributed by atoms with Gasteiger partial charge in [-0.25, -0.2) is 8.42 Å². The van der Waals surface area contributed by atoms with Crippen LogP contribution in [-0.2, 0) is 14.9 Å². The van der Waals surface area contributed by atoms with Crippen LogP contribution in [-0.4, -0.2) is 37.8 Å². The molecule has 0 amide bonds. The highest BCUT2D eigenvalue weighted by molar-refractivity contribution is 8.15. The SMILES string of the molecule is CCN(CC)C(=S)S(=O)(=O)NOC. The summed E-state index contributed by atoms with van der Waals surface area (Å²) in [5.41, 5.74) is 0. The number of hydrogen-bond acceptors (Lipinski definition) is 4. The highest BCUT2D eigenvalue weighted by Gasteiger charge is 2.21. The van der Waals surface area contributed by atoms with E-state index in [4.69, 9.17) is 12.2 Å². The average molecular weight is 226 g/mol. The van der Waals surface area contributed by atoms with E-state index in [1.54, 1.807) is 4.90 Å². The van der Waals surface area contributed by atoms with Gasteiger partial charge in [-0.1, -0.05) is 4.89 Å². The molecule has 0 radical (unpaired) electrons. The summed E-state index contributed by atoms with van der Waals surface area (Å²) >= 11 is 4.77. The van der Waals surface area contributed by atoms with Gasteiger partial charge in [-0.15, -0.1) is 0 Å². The second kappa shape index (κ2) is 5.48. The van der Waals surface area contributed by atoms with Crippen molar-refractivity contribution < 1.29 is 13.3 Å². The van der Waals surface area contributed by atoms with Crippen LogP contribution in [0.25, 0.3) is 0 Å². The van der Waals surface area contributed by atoms with Gasteiger partial charge in [0.25, 0.3) is 10.0 Å². The summed E-state index contributed by atoms with van der Waals surface area (Å²) in [7, 11) is -2.42. The fourth-order valence-corrected chi connectivity index (χ4v) is 2.05. The minimum absolute atomic E-state index is 0.139. The number of nitrogens with one attached hydrogen (secondary N) is 1. The lowest BCUT2D eigenvalue weighted by atomic mass is 10.6. The molecule has 0 saturated heterocycles. The van der Waals surface area contributed by atoms with Crippen LogP contribution < -0.4 is 4.89 Å². The van der Waals surface area contributed by atoms with Crippen molar-refractivity contribution in [3.05, 3.63) is 0 Å².